The number of carbonyl (C=O) groups excluding carboxylic acids is 1. The van der Waals surface area contributed by atoms with Crippen LogP contribution in [0.2, 0.25) is 0 Å². The zero-order chi connectivity index (χ0) is 11.6. The third-order valence-electron chi connectivity index (χ3n) is 2.06. The molecule has 0 fully saturated rings. The van der Waals surface area contributed by atoms with Crippen LogP contribution in [0.4, 0.5) is 5.69 Å². The Bertz CT molecular complexity index is 367. The third-order valence-corrected chi connectivity index (χ3v) is 2.92. The molecule has 1 amide bonds. The molecule has 4 heteroatoms. The zero-order valence-electron chi connectivity index (χ0n) is 8.97. The minimum Gasteiger partial charge on any atom is -0.324 e. The number of aryl methyl sites for hydroxylation is 2. The molecule has 1 N–H and O–H groups in total. The Kier molecular flexibility index (Phi) is 4.22. The fourth-order valence-electron chi connectivity index (χ4n) is 1.30. The van der Waals surface area contributed by atoms with Gasteiger partial charge in [-0.2, -0.15) is 12.6 Å². The van der Waals surface area contributed by atoms with Gasteiger partial charge < -0.3 is 5.32 Å². The van der Waals surface area contributed by atoms with Gasteiger partial charge in [-0.1, -0.05) is 6.07 Å². The quantitative estimate of drug-likeness (QED) is 0.803. The molecule has 1 unspecified atom stereocenters. The number of nitrogens with one attached hydrogen (secondary N) is 1. The van der Waals surface area contributed by atoms with Gasteiger partial charge in [-0.15, -0.1) is 0 Å². The van der Waals surface area contributed by atoms with Gasteiger partial charge in [0.15, 0.2) is 0 Å². The lowest BCUT2D eigenvalue weighted by atomic mass is 10.1. The van der Waals surface area contributed by atoms with Crippen molar-refractivity contribution in [3.8, 4) is 0 Å². The van der Waals surface area contributed by atoms with Crippen LogP contribution in [0, 0.1) is 13.8 Å². The van der Waals surface area contributed by atoms with E-state index < -0.39 is 0 Å². The summed E-state index contributed by atoms with van der Waals surface area (Å²) in [6, 6.07) is 4.01. The molecule has 0 spiro atoms. The minimum atomic E-state index is -0.308. The van der Waals surface area contributed by atoms with Crippen molar-refractivity contribution in [3.05, 3.63) is 27.7 Å². The average molecular weight is 288 g/mol. The summed E-state index contributed by atoms with van der Waals surface area (Å²) in [5.74, 6) is -0.0917. The average Bonchev–Trinajstić information content (AvgIpc) is 2.10. The monoisotopic (exact) mass is 287 g/mol. The topological polar surface area (TPSA) is 29.1 Å². The number of hydrogen-bond acceptors (Lipinski definition) is 2. The van der Waals surface area contributed by atoms with Crippen LogP contribution in [0.1, 0.15) is 18.1 Å². The van der Waals surface area contributed by atoms with Gasteiger partial charge in [-0.05, 0) is 53.9 Å². The van der Waals surface area contributed by atoms with E-state index in [0.717, 1.165) is 21.3 Å². The second-order valence-corrected chi connectivity index (χ2v) is 5.23. The van der Waals surface area contributed by atoms with Gasteiger partial charge in [-0.25, -0.2) is 0 Å². The van der Waals surface area contributed by atoms with Crippen LogP contribution in [0.15, 0.2) is 16.6 Å². The van der Waals surface area contributed by atoms with Crippen LogP contribution in [0.25, 0.3) is 0 Å². The van der Waals surface area contributed by atoms with Gasteiger partial charge >= 0.3 is 0 Å². The second kappa shape index (κ2) is 5.03. The second-order valence-electron chi connectivity index (χ2n) is 3.60. The molecular formula is C11H14BrNOS. The molecular weight excluding hydrogens is 274 g/mol. The molecule has 0 aromatic heterocycles. The molecule has 0 aliphatic heterocycles. The molecule has 0 heterocycles. The Balaban J connectivity index is 3.00. The highest BCUT2D eigenvalue weighted by atomic mass is 79.9. The molecule has 0 radical (unpaired) electrons. The van der Waals surface area contributed by atoms with E-state index >= 15 is 0 Å². The molecule has 82 valence electrons. The van der Waals surface area contributed by atoms with E-state index in [4.69, 9.17) is 0 Å². The highest BCUT2D eigenvalue weighted by Gasteiger charge is 2.12. The standard InChI is InChI=1S/C11H14BrNOS/c1-6-4-7(2)10(9(12)5-6)13-11(14)8(3)15/h4-5,8,15H,1-3H3,(H,13,14). The zero-order valence-corrected chi connectivity index (χ0v) is 11.4. The number of anilines is 1. The number of amides is 1. The maximum atomic E-state index is 11.5. The Morgan fingerprint density at radius 3 is 2.53 bits per heavy atom. The lowest BCUT2D eigenvalue weighted by Gasteiger charge is -2.12. The maximum absolute atomic E-state index is 11.5. The van der Waals surface area contributed by atoms with Crippen LogP contribution in [0.5, 0.6) is 0 Å². The predicted octanol–water partition coefficient (Wildman–Crippen LogP) is 3.32. The van der Waals surface area contributed by atoms with Crippen LogP contribution in [-0.4, -0.2) is 11.2 Å². The van der Waals surface area contributed by atoms with E-state index in [1.54, 1.807) is 6.92 Å². The maximum Gasteiger partial charge on any atom is 0.236 e. The van der Waals surface area contributed by atoms with Crippen molar-refractivity contribution in [3.63, 3.8) is 0 Å². The SMILES string of the molecule is Cc1cc(C)c(NC(=O)C(C)S)c(Br)c1. The Hall–Kier alpha value is -0.480. The van der Waals surface area contributed by atoms with Crippen molar-refractivity contribution in [1.29, 1.82) is 0 Å². The third kappa shape index (κ3) is 3.24. The van der Waals surface area contributed by atoms with Crippen molar-refractivity contribution in [2.24, 2.45) is 0 Å². The lowest BCUT2D eigenvalue weighted by Crippen LogP contribution is -2.21. The summed E-state index contributed by atoms with van der Waals surface area (Å²) in [6.45, 7) is 5.73. The first kappa shape index (κ1) is 12.6. The van der Waals surface area contributed by atoms with E-state index in [9.17, 15) is 4.79 Å². The number of thiol groups is 1. The van der Waals surface area contributed by atoms with Crippen molar-refractivity contribution in [2.45, 2.75) is 26.0 Å². The smallest absolute Gasteiger partial charge is 0.236 e. The molecule has 0 aliphatic rings. The largest absolute Gasteiger partial charge is 0.324 e. The number of halogens is 1. The summed E-state index contributed by atoms with van der Waals surface area (Å²) >= 11 is 7.52. The Morgan fingerprint density at radius 2 is 2.07 bits per heavy atom. The molecule has 1 aromatic carbocycles. The van der Waals surface area contributed by atoms with E-state index in [-0.39, 0.29) is 11.2 Å². The summed E-state index contributed by atoms with van der Waals surface area (Å²) in [6.07, 6.45) is 0. The van der Waals surface area contributed by atoms with Crippen LogP contribution in [-0.2, 0) is 4.79 Å². The first-order valence-electron chi connectivity index (χ1n) is 4.67. The molecule has 0 saturated heterocycles. The minimum absolute atomic E-state index is 0.0917. The predicted molar refractivity (Wildman–Crippen MR) is 70.7 cm³/mol. The molecule has 1 aromatic rings. The first-order valence-corrected chi connectivity index (χ1v) is 5.98. The van der Waals surface area contributed by atoms with Crippen LogP contribution in [0.3, 0.4) is 0 Å². The van der Waals surface area contributed by atoms with Crippen LogP contribution < -0.4 is 5.32 Å². The van der Waals surface area contributed by atoms with E-state index in [0.29, 0.717) is 0 Å². The van der Waals surface area contributed by atoms with Crippen molar-refractivity contribution in [2.75, 3.05) is 5.32 Å². The lowest BCUT2D eigenvalue weighted by molar-refractivity contribution is -0.115. The molecule has 0 saturated carbocycles. The fourth-order valence-corrected chi connectivity index (χ4v) is 2.14. The number of carbonyl (C=O) groups is 1. The Labute approximate surface area is 104 Å². The fraction of sp³-hybridized carbons (Fsp3) is 0.364. The summed E-state index contributed by atoms with van der Waals surface area (Å²) in [5.41, 5.74) is 3.03. The van der Waals surface area contributed by atoms with Crippen molar-refractivity contribution >= 4 is 40.2 Å². The summed E-state index contributed by atoms with van der Waals surface area (Å²) in [5, 5.41) is 2.54. The van der Waals surface area contributed by atoms with E-state index in [2.05, 4.69) is 33.9 Å². The highest BCUT2D eigenvalue weighted by Crippen LogP contribution is 2.27. The molecule has 1 rings (SSSR count). The van der Waals surface area contributed by atoms with Crippen LogP contribution >= 0.6 is 28.6 Å². The molecule has 0 aliphatic carbocycles. The first-order chi connectivity index (χ1) is 6.91. The van der Waals surface area contributed by atoms with Gasteiger partial charge in [0.2, 0.25) is 5.91 Å². The van der Waals surface area contributed by atoms with Gasteiger partial charge in [0.1, 0.15) is 0 Å². The van der Waals surface area contributed by atoms with Crippen molar-refractivity contribution in [1.82, 2.24) is 0 Å². The summed E-state index contributed by atoms with van der Waals surface area (Å²) < 4.78 is 0.905. The number of benzene rings is 1. The Morgan fingerprint density at radius 1 is 1.47 bits per heavy atom. The number of rotatable bonds is 2. The van der Waals surface area contributed by atoms with Gasteiger partial charge in [0.25, 0.3) is 0 Å². The molecule has 15 heavy (non-hydrogen) atoms. The highest BCUT2D eigenvalue weighted by molar-refractivity contribution is 9.10. The summed E-state index contributed by atoms with van der Waals surface area (Å²) in [7, 11) is 0. The van der Waals surface area contributed by atoms with E-state index in [1.165, 1.54) is 0 Å². The summed E-state index contributed by atoms with van der Waals surface area (Å²) in [4.78, 5) is 11.5. The van der Waals surface area contributed by atoms with E-state index in [1.807, 2.05) is 26.0 Å². The van der Waals surface area contributed by atoms with Gasteiger partial charge in [0, 0.05) is 4.47 Å². The van der Waals surface area contributed by atoms with Gasteiger partial charge in [0.05, 0.1) is 10.9 Å². The number of hydrogen-bond donors (Lipinski definition) is 2. The normalized spacial score (nSPS) is 12.3. The van der Waals surface area contributed by atoms with Crippen molar-refractivity contribution < 1.29 is 4.79 Å². The van der Waals surface area contributed by atoms with Gasteiger partial charge in [-0.3, -0.25) is 4.79 Å². The molecule has 1 atom stereocenters. The molecule has 0 bridgehead atoms. The molecule has 2 nitrogen and oxygen atoms in total.